The summed E-state index contributed by atoms with van der Waals surface area (Å²) in [6.07, 6.45) is 0.630. The first-order valence-electron chi connectivity index (χ1n) is 8.39. The number of hydrogen-bond donors (Lipinski definition) is 2. The number of carbonyl (C=O) groups excluding carboxylic acids is 2. The molecule has 1 atom stereocenters. The number of ether oxygens (including phenoxy) is 1. The number of anilines is 2. The van der Waals surface area contributed by atoms with E-state index >= 15 is 0 Å². The number of carbonyl (C=O) groups is 2. The Bertz CT molecular complexity index is 715. The van der Waals surface area contributed by atoms with Gasteiger partial charge in [-0.3, -0.25) is 14.5 Å². The lowest BCUT2D eigenvalue weighted by Crippen LogP contribution is -2.41. The molecule has 0 radical (unpaired) electrons. The van der Waals surface area contributed by atoms with Crippen molar-refractivity contribution in [2.75, 3.05) is 38.4 Å². The lowest BCUT2D eigenvalue weighted by Gasteiger charge is -2.23. The fourth-order valence-corrected chi connectivity index (χ4v) is 2.54. The highest BCUT2D eigenvalue weighted by molar-refractivity contribution is 5.96. The standard InChI is InChI=1S/C20H25N3O3/c1-23(2)18(13-15-7-5-4-6-8-15)20(25)22-17-11-9-16(10-12-17)21-19(24)14-26-3/h4-12,18H,13-14H2,1-3H3,(H,21,24)(H,22,25)/t18-/m0/s1. The van der Waals surface area contributed by atoms with Crippen LogP contribution in [-0.4, -0.2) is 50.6 Å². The largest absolute Gasteiger partial charge is 0.375 e. The van der Waals surface area contributed by atoms with Crippen molar-refractivity contribution in [1.82, 2.24) is 4.90 Å². The molecule has 2 aromatic carbocycles. The summed E-state index contributed by atoms with van der Waals surface area (Å²) in [6.45, 7) is 0.00247. The topological polar surface area (TPSA) is 70.7 Å². The first-order chi connectivity index (χ1) is 12.5. The van der Waals surface area contributed by atoms with Crippen LogP contribution in [0, 0.1) is 0 Å². The molecule has 6 nitrogen and oxygen atoms in total. The van der Waals surface area contributed by atoms with Gasteiger partial charge in [-0.2, -0.15) is 0 Å². The Hall–Kier alpha value is -2.70. The number of methoxy groups -OCH3 is 1. The van der Waals surface area contributed by atoms with E-state index in [1.54, 1.807) is 24.3 Å². The van der Waals surface area contributed by atoms with Gasteiger partial charge in [0.15, 0.2) is 0 Å². The van der Waals surface area contributed by atoms with E-state index in [1.165, 1.54) is 7.11 Å². The van der Waals surface area contributed by atoms with Crippen LogP contribution in [0.4, 0.5) is 11.4 Å². The summed E-state index contributed by atoms with van der Waals surface area (Å²) in [4.78, 5) is 26.1. The maximum atomic E-state index is 12.7. The van der Waals surface area contributed by atoms with Crippen molar-refractivity contribution in [2.24, 2.45) is 0 Å². The van der Waals surface area contributed by atoms with E-state index in [0.29, 0.717) is 17.8 Å². The fraction of sp³-hybridized carbons (Fsp3) is 0.300. The average Bonchev–Trinajstić information content (AvgIpc) is 2.62. The Morgan fingerprint density at radius 3 is 2.08 bits per heavy atom. The third kappa shape index (κ3) is 5.98. The Balaban J connectivity index is 1.99. The highest BCUT2D eigenvalue weighted by atomic mass is 16.5. The van der Waals surface area contributed by atoms with Crippen molar-refractivity contribution in [3.63, 3.8) is 0 Å². The minimum Gasteiger partial charge on any atom is -0.375 e. The predicted octanol–water partition coefficient (Wildman–Crippen LogP) is 2.38. The molecule has 6 heteroatoms. The third-order valence-corrected chi connectivity index (χ3v) is 3.91. The maximum absolute atomic E-state index is 12.7. The predicted molar refractivity (Wildman–Crippen MR) is 103 cm³/mol. The number of amides is 2. The summed E-state index contributed by atoms with van der Waals surface area (Å²) in [5, 5.41) is 5.64. The van der Waals surface area contributed by atoms with Gasteiger partial charge in [0.1, 0.15) is 6.61 Å². The molecule has 0 saturated carbocycles. The summed E-state index contributed by atoms with van der Waals surface area (Å²) in [5.74, 6) is -0.296. The lowest BCUT2D eigenvalue weighted by atomic mass is 10.0. The summed E-state index contributed by atoms with van der Waals surface area (Å²) in [7, 11) is 5.25. The van der Waals surface area contributed by atoms with Gasteiger partial charge in [0, 0.05) is 18.5 Å². The minimum absolute atomic E-state index is 0.00247. The molecule has 0 bridgehead atoms. The van der Waals surface area contributed by atoms with Gasteiger partial charge in [0.2, 0.25) is 11.8 Å². The minimum atomic E-state index is -0.279. The molecule has 0 aliphatic heterocycles. The van der Waals surface area contributed by atoms with E-state index in [2.05, 4.69) is 10.6 Å². The molecule has 0 aliphatic rings. The Kier molecular flexibility index (Phi) is 7.32. The molecule has 0 saturated heterocycles. The van der Waals surface area contributed by atoms with Crippen LogP contribution in [0.2, 0.25) is 0 Å². The van der Waals surface area contributed by atoms with Crippen molar-refractivity contribution in [2.45, 2.75) is 12.5 Å². The molecule has 0 spiro atoms. The molecule has 138 valence electrons. The number of nitrogens with one attached hydrogen (secondary N) is 2. The van der Waals surface area contributed by atoms with E-state index in [4.69, 9.17) is 4.74 Å². The number of rotatable bonds is 8. The van der Waals surface area contributed by atoms with Crippen LogP contribution >= 0.6 is 0 Å². The van der Waals surface area contributed by atoms with Crippen LogP contribution in [0.1, 0.15) is 5.56 Å². The number of likely N-dealkylation sites (N-methyl/N-ethyl adjacent to an activating group) is 1. The van der Waals surface area contributed by atoms with E-state index < -0.39 is 0 Å². The van der Waals surface area contributed by atoms with Gasteiger partial charge in [0.05, 0.1) is 6.04 Å². The van der Waals surface area contributed by atoms with Gasteiger partial charge in [-0.15, -0.1) is 0 Å². The molecule has 2 rings (SSSR count). The van der Waals surface area contributed by atoms with Gasteiger partial charge in [-0.1, -0.05) is 30.3 Å². The van der Waals surface area contributed by atoms with Crippen molar-refractivity contribution in [1.29, 1.82) is 0 Å². The molecule has 2 aromatic rings. The number of nitrogens with zero attached hydrogens (tertiary/aromatic N) is 1. The normalized spacial score (nSPS) is 11.8. The molecule has 26 heavy (non-hydrogen) atoms. The van der Waals surface area contributed by atoms with Gasteiger partial charge >= 0.3 is 0 Å². The molecule has 0 unspecified atom stereocenters. The van der Waals surface area contributed by atoms with E-state index in [-0.39, 0.29) is 24.5 Å². The smallest absolute Gasteiger partial charge is 0.250 e. The van der Waals surface area contributed by atoms with Crippen LogP contribution in [0.5, 0.6) is 0 Å². The SMILES string of the molecule is COCC(=O)Nc1ccc(NC(=O)[C@H](Cc2ccccc2)N(C)C)cc1. The van der Waals surface area contributed by atoms with Crippen molar-refractivity contribution in [3.8, 4) is 0 Å². The summed E-state index contributed by atoms with van der Waals surface area (Å²) in [6, 6.07) is 16.6. The molecular weight excluding hydrogens is 330 g/mol. The second-order valence-corrected chi connectivity index (χ2v) is 6.22. The zero-order valence-electron chi connectivity index (χ0n) is 15.4. The third-order valence-electron chi connectivity index (χ3n) is 3.91. The molecule has 0 heterocycles. The van der Waals surface area contributed by atoms with Crippen LogP contribution in [0.15, 0.2) is 54.6 Å². The fourth-order valence-electron chi connectivity index (χ4n) is 2.54. The quantitative estimate of drug-likeness (QED) is 0.763. The number of benzene rings is 2. The molecule has 2 N–H and O–H groups in total. The van der Waals surface area contributed by atoms with E-state index in [0.717, 1.165) is 5.56 Å². The Labute approximate surface area is 154 Å². The first kappa shape index (κ1) is 19.6. The van der Waals surface area contributed by atoms with Crippen LogP contribution in [0.25, 0.3) is 0 Å². The number of hydrogen-bond acceptors (Lipinski definition) is 4. The van der Waals surface area contributed by atoms with Crippen molar-refractivity contribution >= 4 is 23.2 Å². The van der Waals surface area contributed by atoms with Crippen LogP contribution < -0.4 is 10.6 Å². The van der Waals surface area contributed by atoms with Gasteiger partial charge < -0.3 is 15.4 Å². The molecular formula is C20H25N3O3. The second-order valence-electron chi connectivity index (χ2n) is 6.22. The van der Waals surface area contributed by atoms with Gasteiger partial charge in [0.25, 0.3) is 0 Å². The first-order valence-corrected chi connectivity index (χ1v) is 8.39. The average molecular weight is 355 g/mol. The van der Waals surface area contributed by atoms with Crippen molar-refractivity contribution < 1.29 is 14.3 Å². The highest BCUT2D eigenvalue weighted by Crippen LogP contribution is 2.15. The Morgan fingerprint density at radius 2 is 1.54 bits per heavy atom. The molecule has 2 amide bonds. The molecule has 0 fully saturated rings. The monoisotopic (exact) mass is 355 g/mol. The maximum Gasteiger partial charge on any atom is 0.250 e. The van der Waals surface area contributed by atoms with Crippen LogP contribution in [0.3, 0.4) is 0 Å². The summed E-state index contributed by atoms with van der Waals surface area (Å²) in [5.41, 5.74) is 2.44. The summed E-state index contributed by atoms with van der Waals surface area (Å²) < 4.78 is 4.78. The highest BCUT2D eigenvalue weighted by Gasteiger charge is 2.21. The molecule has 0 aromatic heterocycles. The molecule has 0 aliphatic carbocycles. The van der Waals surface area contributed by atoms with E-state index in [1.807, 2.05) is 49.3 Å². The van der Waals surface area contributed by atoms with Crippen molar-refractivity contribution in [3.05, 3.63) is 60.2 Å². The Morgan fingerprint density at radius 1 is 0.962 bits per heavy atom. The zero-order valence-corrected chi connectivity index (χ0v) is 15.4. The lowest BCUT2D eigenvalue weighted by molar-refractivity contribution is -0.120. The van der Waals surface area contributed by atoms with E-state index in [9.17, 15) is 9.59 Å². The zero-order chi connectivity index (χ0) is 18.9. The second kappa shape index (κ2) is 9.70. The van der Waals surface area contributed by atoms with Gasteiger partial charge in [-0.05, 0) is 50.3 Å². The van der Waals surface area contributed by atoms with Gasteiger partial charge in [-0.25, -0.2) is 0 Å². The van der Waals surface area contributed by atoms with Crippen LogP contribution in [-0.2, 0) is 20.7 Å². The summed E-state index contributed by atoms with van der Waals surface area (Å²) >= 11 is 0.